The van der Waals surface area contributed by atoms with Gasteiger partial charge in [-0.1, -0.05) is 13.8 Å². The quantitative estimate of drug-likeness (QED) is 0.727. The van der Waals surface area contributed by atoms with Crippen molar-refractivity contribution >= 4 is 22.6 Å². The Morgan fingerprint density at radius 3 is 2.77 bits per heavy atom. The molecule has 1 aliphatic rings. The zero-order valence-corrected chi connectivity index (χ0v) is 10.1. The first-order chi connectivity index (χ1) is 6.00. The maximum absolute atomic E-state index is 9.55. The van der Waals surface area contributed by atoms with Gasteiger partial charge in [0.2, 0.25) is 0 Å². The first kappa shape index (κ1) is 9.31. The van der Waals surface area contributed by atoms with Gasteiger partial charge < -0.3 is 5.11 Å². The zero-order valence-electron chi connectivity index (χ0n) is 7.89. The fourth-order valence-electron chi connectivity index (χ4n) is 2.02. The molecule has 0 radical (unpaired) electrons. The van der Waals surface area contributed by atoms with E-state index in [2.05, 4.69) is 42.5 Å². The number of aromatic hydroxyl groups is 1. The van der Waals surface area contributed by atoms with Gasteiger partial charge in [0.15, 0.2) is 0 Å². The van der Waals surface area contributed by atoms with Gasteiger partial charge in [-0.2, -0.15) is 0 Å². The molecule has 0 heterocycles. The molecular formula is C11H13IO. The molecular weight excluding hydrogens is 275 g/mol. The molecule has 0 fully saturated rings. The third-order valence-corrected chi connectivity index (χ3v) is 3.79. The molecule has 0 amide bonds. The Morgan fingerprint density at radius 1 is 1.38 bits per heavy atom. The first-order valence-corrected chi connectivity index (χ1v) is 5.60. The van der Waals surface area contributed by atoms with Gasteiger partial charge in [0.05, 0.1) is 3.57 Å². The Morgan fingerprint density at radius 2 is 2.08 bits per heavy atom. The van der Waals surface area contributed by atoms with Gasteiger partial charge in [0.1, 0.15) is 5.75 Å². The second-order valence-corrected chi connectivity index (χ2v) is 5.51. The number of hydrogen-bond donors (Lipinski definition) is 1. The molecule has 0 atom stereocenters. The van der Waals surface area contributed by atoms with Crippen LogP contribution in [0.3, 0.4) is 0 Å². The normalized spacial score (nSPS) is 18.7. The fraction of sp³-hybridized carbons (Fsp3) is 0.455. The van der Waals surface area contributed by atoms with E-state index < -0.39 is 0 Å². The highest BCUT2D eigenvalue weighted by Crippen LogP contribution is 2.41. The smallest absolute Gasteiger partial charge is 0.129 e. The highest BCUT2D eigenvalue weighted by Gasteiger charge is 2.30. The molecule has 0 spiro atoms. The zero-order chi connectivity index (χ0) is 9.64. The van der Waals surface area contributed by atoms with Crippen LogP contribution >= 0.6 is 22.6 Å². The van der Waals surface area contributed by atoms with E-state index in [1.807, 2.05) is 6.07 Å². The van der Waals surface area contributed by atoms with Gasteiger partial charge in [0.25, 0.3) is 0 Å². The summed E-state index contributed by atoms with van der Waals surface area (Å²) >= 11 is 2.18. The lowest BCUT2D eigenvalue weighted by molar-refractivity contribution is 0.470. The standard InChI is InChI=1S/C11H13IO/c1-11(2)4-3-7-5-10(13)9(12)6-8(7)11/h5-6,13H,3-4H2,1-2H3. The van der Waals surface area contributed by atoms with Crippen LogP contribution in [0.1, 0.15) is 31.4 Å². The van der Waals surface area contributed by atoms with Crippen molar-refractivity contribution < 1.29 is 5.11 Å². The predicted molar refractivity (Wildman–Crippen MR) is 62.2 cm³/mol. The molecule has 1 aliphatic carbocycles. The Hall–Kier alpha value is -0.250. The van der Waals surface area contributed by atoms with E-state index in [1.54, 1.807) is 0 Å². The molecule has 1 aromatic rings. The summed E-state index contributed by atoms with van der Waals surface area (Å²) in [4.78, 5) is 0. The fourth-order valence-corrected chi connectivity index (χ4v) is 2.49. The Bertz CT molecular complexity index is 355. The molecule has 1 nitrogen and oxygen atoms in total. The highest BCUT2D eigenvalue weighted by atomic mass is 127. The topological polar surface area (TPSA) is 20.2 Å². The number of benzene rings is 1. The van der Waals surface area contributed by atoms with E-state index in [0.29, 0.717) is 11.2 Å². The summed E-state index contributed by atoms with van der Waals surface area (Å²) in [5.74, 6) is 0.428. The van der Waals surface area contributed by atoms with Gasteiger partial charge >= 0.3 is 0 Å². The number of hydrogen-bond acceptors (Lipinski definition) is 1. The van der Waals surface area contributed by atoms with E-state index in [0.717, 1.165) is 9.99 Å². The number of halogens is 1. The van der Waals surface area contributed by atoms with Crippen molar-refractivity contribution in [2.75, 3.05) is 0 Å². The van der Waals surface area contributed by atoms with Crippen molar-refractivity contribution in [3.05, 3.63) is 26.8 Å². The summed E-state index contributed by atoms with van der Waals surface area (Å²) in [6.45, 7) is 4.54. The number of phenols is 1. The van der Waals surface area contributed by atoms with Crippen LogP contribution in [0.15, 0.2) is 12.1 Å². The SMILES string of the molecule is CC1(C)CCc2cc(O)c(I)cc21. The molecule has 70 valence electrons. The Kier molecular flexibility index (Phi) is 2.06. The molecule has 1 aromatic carbocycles. The summed E-state index contributed by atoms with van der Waals surface area (Å²) in [5, 5.41) is 9.55. The maximum Gasteiger partial charge on any atom is 0.129 e. The lowest BCUT2D eigenvalue weighted by atomic mass is 9.87. The number of fused-ring (bicyclic) bond motifs is 1. The van der Waals surface area contributed by atoms with E-state index in [1.165, 1.54) is 17.5 Å². The second kappa shape index (κ2) is 2.87. The van der Waals surface area contributed by atoms with Crippen LogP contribution < -0.4 is 0 Å². The molecule has 0 aliphatic heterocycles. The van der Waals surface area contributed by atoms with Gasteiger partial charge in [0, 0.05) is 0 Å². The molecule has 0 bridgehead atoms. The summed E-state index contributed by atoms with van der Waals surface area (Å²) < 4.78 is 0.964. The van der Waals surface area contributed by atoms with Crippen molar-refractivity contribution in [1.82, 2.24) is 0 Å². The van der Waals surface area contributed by atoms with Gasteiger partial charge in [-0.25, -0.2) is 0 Å². The van der Waals surface area contributed by atoms with E-state index >= 15 is 0 Å². The van der Waals surface area contributed by atoms with Gasteiger partial charge in [-0.05, 0) is 64.1 Å². The van der Waals surface area contributed by atoms with Crippen LogP contribution in [0.2, 0.25) is 0 Å². The van der Waals surface area contributed by atoms with Crippen molar-refractivity contribution in [3.63, 3.8) is 0 Å². The lowest BCUT2D eigenvalue weighted by Crippen LogP contribution is -2.11. The molecule has 0 saturated carbocycles. The van der Waals surface area contributed by atoms with Crippen molar-refractivity contribution in [2.45, 2.75) is 32.1 Å². The summed E-state index contributed by atoms with van der Waals surface area (Å²) in [6.07, 6.45) is 2.30. The van der Waals surface area contributed by atoms with Crippen LogP contribution in [-0.2, 0) is 11.8 Å². The number of aryl methyl sites for hydroxylation is 1. The summed E-state index contributed by atoms with van der Waals surface area (Å²) in [5.41, 5.74) is 3.03. The van der Waals surface area contributed by atoms with E-state index in [4.69, 9.17) is 0 Å². The Balaban J connectivity index is 2.61. The van der Waals surface area contributed by atoms with E-state index in [9.17, 15) is 5.11 Å². The third kappa shape index (κ3) is 1.45. The van der Waals surface area contributed by atoms with Crippen molar-refractivity contribution in [3.8, 4) is 5.75 Å². The minimum absolute atomic E-state index is 0.295. The Labute approximate surface area is 92.3 Å². The largest absolute Gasteiger partial charge is 0.507 e. The summed E-state index contributed by atoms with van der Waals surface area (Å²) in [6, 6.07) is 4.05. The average Bonchev–Trinajstić information content (AvgIpc) is 2.31. The number of phenolic OH excluding ortho intramolecular Hbond substituents is 1. The minimum Gasteiger partial charge on any atom is -0.507 e. The van der Waals surface area contributed by atoms with Crippen molar-refractivity contribution in [2.24, 2.45) is 0 Å². The van der Waals surface area contributed by atoms with Crippen LogP contribution in [0.25, 0.3) is 0 Å². The van der Waals surface area contributed by atoms with Crippen LogP contribution in [0.4, 0.5) is 0 Å². The molecule has 1 N–H and O–H groups in total. The monoisotopic (exact) mass is 288 g/mol. The molecule has 2 heteroatoms. The van der Waals surface area contributed by atoms with Crippen LogP contribution in [0.5, 0.6) is 5.75 Å². The third-order valence-electron chi connectivity index (χ3n) is 2.92. The highest BCUT2D eigenvalue weighted by molar-refractivity contribution is 14.1. The predicted octanol–water partition coefficient (Wildman–Crippen LogP) is 3.22. The van der Waals surface area contributed by atoms with E-state index in [-0.39, 0.29) is 0 Å². The van der Waals surface area contributed by atoms with Gasteiger partial charge in [-0.3, -0.25) is 0 Å². The molecule has 0 aromatic heterocycles. The number of rotatable bonds is 0. The van der Waals surface area contributed by atoms with Crippen LogP contribution in [-0.4, -0.2) is 5.11 Å². The molecule has 0 unspecified atom stereocenters. The summed E-state index contributed by atoms with van der Waals surface area (Å²) in [7, 11) is 0. The molecule has 2 rings (SSSR count). The maximum atomic E-state index is 9.55. The first-order valence-electron chi connectivity index (χ1n) is 4.52. The second-order valence-electron chi connectivity index (χ2n) is 4.34. The minimum atomic E-state index is 0.295. The van der Waals surface area contributed by atoms with Gasteiger partial charge in [-0.15, -0.1) is 0 Å². The molecule has 0 saturated heterocycles. The molecule has 13 heavy (non-hydrogen) atoms. The lowest BCUT2D eigenvalue weighted by Gasteiger charge is -2.19. The average molecular weight is 288 g/mol. The van der Waals surface area contributed by atoms with Crippen molar-refractivity contribution in [1.29, 1.82) is 0 Å². The van der Waals surface area contributed by atoms with Crippen LogP contribution in [0, 0.1) is 3.57 Å².